The van der Waals surface area contributed by atoms with Crippen molar-refractivity contribution in [3.63, 3.8) is 0 Å². The second-order valence-corrected chi connectivity index (χ2v) is 4.84. The fourth-order valence-corrected chi connectivity index (χ4v) is 1.92. The number of esters is 1. The Kier molecular flexibility index (Phi) is 4.25. The molecule has 4 nitrogen and oxygen atoms in total. The number of halogens is 3. The molecule has 2 aromatic rings. The monoisotopic (exact) mass is 313 g/mol. The number of fused-ring (bicyclic) bond motifs is 1. The minimum absolute atomic E-state index is 0.145. The summed E-state index contributed by atoms with van der Waals surface area (Å²) in [7, 11) is 0. The van der Waals surface area contributed by atoms with Crippen LogP contribution in [0.5, 0.6) is 5.75 Å². The Labute approximate surface area is 124 Å². The fraction of sp³-hybridized carbons (Fsp3) is 0.333. The molecule has 0 fully saturated rings. The first kappa shape index (κ1) is 16.1. The topological polar surface area (TPSA) is 59.4 Å². The van der Waals surface area contributed by atoms with Crippen LogP contribution in [-0.2, 0) is 10.9 Å². The summed E-state index contributed by atoms with van der Waals surface area (Å²) in [5, 5.41) is 9.94. The number of nitrogens with zero attached hydrogens (tertiary/aromatic N) is 1. The van der Waals surface area contributed by atoms with E-state index in [9.17, 15) is 23.1 Å². The number of alkyl halides is 3. The summed E-state index contributed by atoms with van der Waals surface area (Å²) < 4.78 is 43.8. The first-order chi connectivity index (χ1) is 10.3. The van der Waals surface area contributed by atoms with Gasteiger partial charge in [0.05, 0.1) is 17.2 Å². The van der Waals surface area contributed by atoms with Gasteiger partial charge in [0.25, 0.3) is 0 Å². The number of aromatic nitrogens is 1. The predicted octanol–water partition coefficient (Wildman–Crippen LogP) is 3.91. The van der Waals surface area contributed by atoms with E-state index in [-0.39, 0.29) is 17.1 Å². The molecule has 1 heterocycles. The minimum atomic E-state index is -4.60. The number of para-hydroxylation sites is 1. The van der Waals surface area contributed by atoms with Gasteiger partial charge in [-0.1, -0.05) is 13.0 Å². The smallest absolute Gasteiger partial charge is 0.418 e. The van der Waals surface area contributed by atoms with Crippen molar-refractivity contribution in [2.45, 2.75) is 32.5 Å². The molecule has 0 bridgehead atoms. The Morgan fingerprint density at radius 1 is 1.41 bits per heavy atom. The van der Waals surface area contributed by atoms with Gasteiger partial charge in [-0.15, -0.1) is 0 Å². The molecule has 1 unspecified atom stereocenters. The highest BCUT2D eigenvalue weighted by Crippen LogP contribution is 2.37. The molecule has 118 valence electrons. The van der Waals surface area contributed by atoms with Gasteiger partial charge in [-0.3, -0.25) is 4.98 Å². The summed E-state index contributed by atoms with van der Waals surface area (Å²) in [6.07, 6.45) is -3.50. The molecule has 2 rings (SSSR count). The lowest BCUT2D eigenvalue weighted by molar-refractivity contribution is -0.136. The van der Waals surface area contributed by atoms with E-state index in [2.05, 4.69) is 4.98 Å². The lowest BCUT2D eigenvalue weighted by Gasteiger charge is -2.14. The Hall–Kier alpha value is -2.31. The van der Waals surface area contributed by atoms with Gasteiger partial charge in [-0.2, -0.15) is 13.2 Å². The minimum Gasteiger partial charge on any atom is -0.506 e. The van der Waals surface area contributed by atoms with E-state index in [0.717, 1.165) is 18.3 Å². The molecule has 1 atom stereocenters. The van der Waals surface area contributed by atoms with Crippen LogP contribution in [0.1, 0.15) is 36.2 Å². The van der Waals surface area contributed by atoms with Gasteiger partial charge in [-0.25, -0.2) is 4.79 Å². The predicted molar refractivity (Wildman–Crippen MR) is 73.6 cm³/mol. The first-order valence-corrected chi connectivity index (χ1v) is 6.64. The second kappa shape index (κ2) is 5.82. The lowest BCUT2D eigenvalue weighted by Crippen LogP contribution is -2.15. The summed E-state index contributed by atoms with van der Waals surface area (Å²) >= 11 is 0. The highest BCUT2D eigenvalue weighted by molar-refractivity contribution is 6.00. The molecular formula is C15H14F3NO3. The summed E-state index contributed by atoms with van der Waals surface area (Å²) in [5.74, 6) is -1.39. The third-order valence-electron chi connectivity index (χ3n) is 3.28. The van der Waals surface area contributed by atoms with Crippen molar-refractivity contribution in [3.05, 3.63) is 35.5 Å². The third-order valence-corrected chi connectivity index (χ3v) is 3.28. The molecule has 22 heavy (non-hydrogen) atoms. The van der Waals surface area contributed by atoms with Crippen LogP contribution in [0.15, 0.2) is 24.4 Å². The molecule has 1 aromatic heterocycles. The number of hydrogen-bond donors (Lipinski definition) is 1. The lowest BCUT2D eigenvalue weighted by atomic mass is 10.1. The van der Waals surface area contributed by atoms with Crippen molar-refractivity contribution in [2.24, 2.45) is 0 Å². The van der Waals surface area contributed by atoms with Gasteiger partial charge in [0.2, 0.25) is 0 Å². The summed E-state index contributed by atoms with van der Waals surface area (Å²) in [5.41, 5.74) is -1.64. The van der Waals surface area contributed by atoms with Crippen molar-refractivity contribution in [1.82, 2.24) is 4.98 Å². The van der Waals surface area contributed by atoms with Crippen LogP contribution in [0.4, 0.5) is 13.2 Å². The number of carbonyl (C=O) groups is 1. The van der Waals surface area contributed by atoms with Crippen LogP contribution in [0.3, 0.4) is 0 Å². The molecule has 0 saturated heterocycles. The summed E-state index contributed by atoms with van der Waals surface area (Å²) in [6, 6.07) is 3.29. The van der Waals surface area contributed by atoms with Gasteiger partial charge >= 0.3 is 12.1 Å². The standard InChI is InChI=1S/C15H14F3NO3/c1-3-8(2)22-14(21)10-7-19-12-9(13(10)20)5-4-6-11(12)15(16,17)18/h4-8H,3H2,1-2H3,(H,19,20). The van der Waals surface area contributed by atoms with Crippen molar-refractivity contribution < 1.29 is 27.8 Å². The number of pyridine rings is 1. The van der Waals surface area contributed by atoms with Gasteiger partial charge in [0.15, 0.2) is 0 Å². The highest BCUT2D eigenvalue weighted by atomic mass is 19.4. The summed E-state index contributed by atoms with van der Waals surface area (Å²) in [6.45, 7) is 3.48. The normalized spacial score (nSPS) is 13.1. The zero-order valence-corrected chi connectivity index (χ0v) is 11.9. The van der Waals surface area contributed by atoms with E-state index in [1.165, 1.54) is 6.07 Å². The Morgan fingerprint density at radius 3 is 2.68 bits per heavy atom. The fourth-order valence-electron chi connectivity index (χ4n) is 1.92. The highest BCUT2D eigenvalue weighted by Gasteiger charge is 2.34. The summed E-state index contributed by atoms with van der Waals surface area (Å²) in [4.78, 5) is 15.6. The van der Waals surface area contributed by atoms with Gasteiger partial charge in [-0.05, 0) is 25.5 Å². The molecule has 0 aliphatic carbocycles. The maximum Gasteiger partial charge on any atom is 0.418 e. The number of aromatic hydroxyl groups is 1. The number of carbonyl (C=O) groups excluding carboxylic acids is 1. The van der Waals surface area contributed by atoms with E-state index in [1.54, 1.807) is 6.92 Å². The second-order valence-electron chi connectivity index (χ2n) is 4.84. The zero-order valence-electron chi connectivity index (χ0n) is 11.9. The van der Waals surface area contributed by atoms with Crippen molar-refractivity contribution in [1.29, 1.82) is 0 Å². The van der Waals surface area contributed by atoms with Crippen LogP contribution in [0, 0.1) is 0 Å². The number of hydrogen-bond acceptors (Lipinski definition) is 4. The molecule has 0 spiro atoms. The molecule has 0 radical (unpaired) electrons. The van der Waals surface area contributed by atoms with Crippen LogP contribution in [0.25, 0.3) is 10.9 Å². The zero-order chi connectivity index (χ0) is 16.5. The van der Waals surface area contributed by atoms with Crippen LogP contribution in [-0.4, -0.2) is 22.2 Å². The van der Waals surface area contributed by atoms with Gasteiger partial charge < -0.3 is 9.84 Å². The first-order valence-electron chi connectivity index (χ1n) is 6.64. The molecule has 1 N–H and O–H groups in total. The van der Waals surface area contributed by atoms with E-state index < -0.39 is 29.0 Å². The van der Waals surface area contributed by atoms with Crippen LogP contribution >= 0.6 is 0 Å². The molecule has 0 aliphatic rings. The number of ether oxygens (including phenoxy) is 1. The van der Waals surface area contributed by atoms with Crippen molar-refractivity contribution in [2.75, 3.05) is 0 Å². The molecular weight excluding hydrogens is 299 g/mol. The molecule has 0 aliphatic heterocycles. The Bertz CT molecular complexity index is 713. The quantitative estimate of drug-likeness (QED) is 0.873. The maximum atomic E-state index is 12.9. The number of rotatable bonds is 3. The van der Waals surface area contributed by atoms with E-state index in [4.69, 9.17) is 4.74 Å². The SMILES string of the molecule is CCC(C)OC(=O)c1cnc2c(C(F)(F)F)cccc2c1O. The maximum absolute atomic E-state index is 12.9. The van der Waals surface area contributed by atoms with Gasteiger partial charge in [0.1, 0.15) is 11.3 Å². The van der Waals surface area contributed by atoms with Gasteiger partial charge in [0, 0.05) is 11.6 Å². The number of benzene rings is 1. The van der Waals surface area contributed by atoms with Crippen LogP contribution < -0.4 is 0 Å². The van der Waals surface area contributed by atoms with E-state index in [1.807, 2.05) is 6.92 Å². The van der Waals surface area contributed by atoms with Crippen LogP contribution in [0.2, 0.25) is 0 Å². The average molecular weight is 313 g/mol. The average Bonchev–Trinajstić information content (AvgIpc) is 2.45. The molecule has 0 amide bonds. The van der Waals surface area contributed by atoms with E-state index in [0.29, 0.717) is 6.42 Å². The largest absolute Gasteiger partial charge is 0.506 e. The molecule has 7 heteroatoms. The van der Waals surface area contributed by atoms with E-state index >= 15 is 0 Å². The Morgan fingerprint density at radius 2 is 2.09 bits per heavy atom. The molecule has 1 aromatic carbocycles. The van der Waals surface area contributed by atoms with Crippen molar-refractivity contribution in [3.8, 4) is 5.75 Å². The Balaban J connectivity index is 2.54. The van der Waals surface area contributed by atoms with Crippen molar-refractivity contribution >= 4 is 16.9 Å². The third kappa shape index (κ3) is 2.98. The molecule has 0 saturated carbocycles.